The van der Waals surface area contributed by atoms with E-state index in [0.29, 0.717) is 23.0 Å². The zero-order valence-electron chi connectivity index (χ0n) is 15.5. The van der Waals surface area contributed by atoms with Crippen molar-refractivity contribution >= 4 is 34.4 Å². The molecule has 1 aliphatic heterocycles. The summed E-state index contributed by atoms with van der Waals surface area (Å²) >= 11 is 0. The standard InChI is InChI=1S/C21H17FN4O3/c1-29-18-10-12(7-8-15(18)22)20(28)26-21-24-16-6-2-5-14(19(16)25-21)17(27)11-13-4-3-9-23-13/h2-3,5-10H,4,11H2,1H3,(H2,24,25,26,28). The van der Waals surface area contributed by atoms with Gasteiger partial charge in [0.15, 0.2) is 17.3 Å². The number of fused-ring (bicyclic) bond motifs is 1. The molecular formula is C21H17FN4O3. The molecule has 0 saturated carbocycles. The van der Waals surface area contributed by atoms with Crippen LogP contribution in [0.1, 0.15) is 33.6 Å². The largest absolute Gasteiger partial charge is 0.494 e. The van der Waals surface area contributed by atoms with Gasteiger partial charge in [-0.1, -0.05) is 12.1 Å². The fourth-order valence-electron chi connectivity index (χ4n) is 3.10. The number of H-pyrrole nitrogens is 1. The number of aliphatic imine (C=N–C) groups is 1. The molecule has 0 radical (unpaired) electrons. The quantitative estimate of drug-likeness (QED) is 0.622. The zero-order valence-corrected chi connectivity index (χ0v) is 15.5. The predicted molar refractivity (Wildman–Crippen MR) is 107 cm³/mol. The topological polar surface area (TPSA) is 96.4 Å². The molecule has 0 bridgehead atoms. The molecule has 0 saturated heterocycles. The lowest BCUT2D eigenvalue weighted by Crippen LogP contribution is -2.13. The molecule has 0 atom stereocenters. The molecule has 2 aromatic carbocycles. The Morgan fingerprint density at radius 3 is 2.90 bits per heavy atom. The maximum absolute atomic E-state index is 13.5. The molecule has 0 spiro atoms. The summed E-state index contributed by atoms with van der Waals surface area (Å²) in [5.41, 5.74) is 2.57. The van der Waals surface area contributed by atoms with Crippen LogP contribution in [0.25, 0.3) is 11.0 Å². The summed E-state index contributed by atoms with van der Waals surface area (Å²) in [5.74, 6) is -0.974. The number of carbonyl (C=O) groups excluding carboxylic acids is 2. The van der Waals surface area contributed by atoms with Gasteiger partial charge in [0.25, 0.3) is 5.91 Å². The lowest BCUT2D eigenvalue weighted by molar-refractivity contribution is 0.0999. The SMILES string of the molecule is COc1cc(C(=O)Nc2nc3c(C(=O)CC4=NC=CC4)cccc3[nH]2)ccc1F. The first-order valence-electron chi connectivity index (χ1n) is 8.92. The van der Waals surface area contributed by atoms with E-state index >= 15 is 0 Å². The molecule has 2 heterocycles. The van der Waals surface area contributed by atoms with Crippen LogP contribution in [0.5, 0.6) is 5.75 Å². The normalized spacial score (nSPS) is 12.8. The highest BCUT2D eigenvalue weighted by Crippen LogP contribution is 2.22. The van der Waals surface area contributed by atoms with Crippen LogP contribution in [-0.4, -0.2) is 34.5 Å². The number of ketones is 1. The van der Waals surface area contributed by atoms with Crippen LogP contribution in [0.2, 0.25) is 0 Å². The average molecular weight is 392 g/mol. The number of carbonyl (C=O) groups is 2. The number of ether oxygens (including phenoxy) is 1. The fraction of sp³-hybridized carbons (Fsp3) is 0.143. The van der Waals surface area contributed by atoms with E-state index in [1.54, 1.807) is 24.4 Å². The van der Waals surface area contributed by atoms with Crippen LogP contribution in [0.4, 0.5) is 10.3 Å². The highest BCUT2D eigenvalue weighted by atomic mass is 19.1. The van der Waals surface area contributed by atoms with E-state index in [1.807, 2.05) is 6.08 Å². The Morgan fingerprint density at radius 1 is 1.28 bits per heavy atom. The third kappa shape index (κ3) is 3.77. The number of nitrogens with zero attached hydrogens (tertiary/aromatic N) is 2. The van der Waals surface area contributed by atoms with Gasteiger partial charge >= 0.3 is 0 Å². The Morgan fingerprint density at radius 2 is 2.14 bits per heavy atom. The van der Waals surface area contributed by atoms with E-state index in [2.05, 4.69) is 20.3 Å². The second-order valence-corrected chi connectivity index (χ2v) is 6.47. The molecule has 3 aromatic rings. The van der Waals surface area contributed by atoms with E-state index in [9.17, 15) is 14.0 Å². The van der Waals surface area contributed by atoms with Crippen molar-refractivity contribution in [3.05, 3.63) is 65.6 Å². The first-order chi connectivity index (χ1) is 14.0. The van der Waals surface area contributed by atoms with Gasteiger partial charge in [-0.2, -0.15) is 0 Å². The molecule has 4 rings (SSSR count). The maximum atomic E-state index is 13.5. The molecule has 0 fully saturated rings. The van der Waals surface area contributed by atoms with Gasteiger partial charge in [-0.05, 0) is 30.3 Å². The van der Waals surface area contributed by atoms with Gasteiger partial charge in [-0.3, -0.25) is 19.9 Å². The molecule has 8 heteroatoms. The highest BCUT2D eigenvalue weighted by molar-refractivity contribution is 6.15. The van der Waals surface area contributed by atoms with Crippen molar-refractivity contribution in [2.45, 2.75) is 12.8 Å². The van der Waals surface area contributed by atoms with Gasteiger partial charge in [0.05, 0.1) is 12.6 Å². The van der Waals surface area contributed by atoms with Crippen molar-refractivity contribution in [3.63, 3.8) is 0 Å². The average Bonchev–Trinajstić information content (AvgIpc) is 3.37. The smallest absolute Gasteiger partial charge is 0.258 e. The Labute approximate surface area is 165 Å². The van der Waals surface area contributed by atoms with Crippen molar-refractivity contribution in [2.75, 3.05) is 12.4 Å². The number of imidazole rings is 1. The van der Waals surface area contributed by atoms with Crippen LogP contribution >= 0.6 is 0 Å². The van der Waals surface area contributed by atoms with Crippen LogP contribution < -0.4 is 10.1 Å². The molecule has 29 heavy (non-hydrogen) atoms. The summed E-state index contributed by atoms with van der Waals surface area (Å²) in [6, 6.07) is 9.03. The lowest BCUT2D eigenvalue weighted by atomic mass is 10.0. The minimum Gasteiger partial charge on any atom is -0.494 e. The fourth-order valence-corrected chi connectivity index (χ4v) is 3.10. The number of para-hydroxylation sites is 1. The maximum Gasteiger partial charge on any atom is 0.258 e. The van der Waals surface area contributed by atoms with Crippen molar-refractivity contribution in [1.82, 2.24) is 9.97 Å². The number of hydrogen-bond acceptors (Lipinski definition) is 5. The second-order valence-electron chi connectivity index (χ2n) is 6.47. The first kappa shape index (κ1) is 18.5. The number of aromatic amines is 1. The van der Waals surface area contributed by atoms with Crippen molar-refractivity contribution in [1.29, 1.82) is 0 Å². The molecular weight excluding hydrogens is 375 g/mol. The van der Waals surface area contributed by atoms with E-state index in [-0.39, 0.29) is 29.5 Å². The summed E-state index contributed by atoms with van der Waals surface area (Å²) in [7, 11) is 1.32. The van der Waals surface area contributed by atoms with E-state index < -0.39 is 11.7 Å². The number of hydrogen-bond donors (Lipinski definition) is 2. The van der Waals surface area contributed by atoms with Gasteiger partial charge in [-0.15, -0.1) is 0 Å². The summed E-state index contributed by atoms with van der Waals surface area (Å²) in [4.78, 5) is 36.7. The van der Waals surface area contributed by atoms with Crippen molar-refractivity contribution < 1.29 is 18.7 Å². The number of benzene rings is 2. The summed E-state index contributed by atoms with van der Waals surface area (Å²) in [6.45, 7) is 0. The summed E-state index contributed by atoms with van der Waals surface area (Å²) in [5, 5.41) is 2.63. The van der Waals surface area contributed by atoms with E-state index in [1.165, 1.54) is 19.2 Å². The number of nitrogens with one attached hydrogen (secondary N) is 2. The molecule has 7 nitrogen and oxygen atoms in total. The Balaban J connectivity index is 1.57. The number of aromatic nitrogens is 2. The van der Waals surface area contributed by atoms with Gasteiger partial charge in [0, 0.05) is 35.9 Å². The highest BCUT2D eigenvalue weighted by Gasteiger charge is 2.18. The van der Waals surface area contributed by atoms with Gasteiger partial charge in [-0.25, -0.2) is 9.37 Å². The number of halogens is 1. The van der Waals surface area contributed by atoms with Gasteiger partial charge in [0.2, 0.25) is 5.95 Å². The monoisotopic (exact) mass is 392 g/mol. The number of anilines is 1. The number of allylic oxidation sites excluding steroid dienone is 1. The summed E-state index contributed by atoms with van der Waals surface area (Å²) < 4.78 is 18.4. The number of Topliss-reactive ketones (excluding diaryl/α,β-unsaturated/α-hetero) is 1. The molecule has 1 aliphatic rings. The zero-order chi connectivity index (χ0) is 20.4. The molecule has 2 N–H and O–H groups in total. The Kier molecular flexibility index (Phi) is 4.90. The first-order valence-corrected chi connectivity index (χ1v) is 8.92. The minimum atomic E-state index is -0.557. The van der Waals surface area contributed by atoms with E-state index in [0.717, 1.165) is 11.8 Å². The summed E-state index contributed by atoms with van der Waals surface area (Å²) in [6.07, 6.45) is 4.48. The lowest BCUT2D eigenvalue weighted by Gasteiger charge is -2.05. The third-order valence-electron chi connectivity index (χ3n) is 4.54. The molecule has 1 aromatic heterocycles. The molecule has 1 amide bonds. The van der Waals surface area contributed by atoms with Crippen LogP contribution in [0, 0.1) is 5.82 Å². The predicted octanol–water partition coefficient (Wildman–Crippen LogP) is 3.89. The number of rotatable bonds is 6. The van der Waals surface area contributed by atoms with Gasteiger partial charge in [0.1, 0.15) is 5.52 Å². The van der Waals surface area contributed by atoms with Crippen LogP contribution in [0.15, 0.2) is 53.7 Å². The third-order valence-corrected chi connectivity index (χ3v) is 4.54. The number of amides is 1. The molecule has 146 valence electrons. The molecule has 0 aliphatic carbocycles. The Hall–Kier alpha value is -3.81. The van der Waals surface area contributed by atoms with Gasteiger partial charge < -0.3 is 9.72 Å². The second kappa shape index (κ2) is 7.67. The van der Waals surface area contributed by atoms with Crippen molar-refractivity contribution in [3.8, 4) is 5.75 Å². The van der Waals surface area contributed by atoms with Crippen LogP contribution in [0.3, 0.4) is 0 Å². The molecule has 0 unspecified atom stereocenters. The minimum absolute atomic E-state index is 0.0283. The van der Waals surface area contributed by atoms with E-state index in [4.69, 9.17) is 4.74 Å². The number of methoxy groups -OCH3 is 1. The Bertz CT molecular complexity index is 1180. The van der Waals surface area contributed by atoms with Crippen molar-refractivity contribution in [2.24, 2.45) is 4.99 Å². The van der Waals surface area contributed by atoms with Crippen LogP contribution in [-0.2, 0) is 0 Å².